The Bertz CT molecular complexity index is 1280. The Balaban J connectivity index is 1.50. The number of carboxylic acid groups (broad SMARTS) is 1. The zero-order valence-corrected chi connectivity index (χ0v) is 19.4. The molecule has 2 aromatic carbocycles. The van der Waals surface area contributed by atoms with Gasteiger partial charge in [-0.15, -0.1) is 0 Å². The van der Waals surface area contributed by atoms with Gasteiger partial charge in [-0.05, 0) is 54.9 Å². The molecule has 7 heteroatoms. The molecule has 2 aliphatic rings. The molecular formula is C27H28FN3O3. The van der Waals surface area contributed by atoms with Crippen LogP contribution in [0.25, 0.3) is 16.8 Å². The second-order valence-corrected chi connectivity index (χ2v) is 10.1. The van der Waals surface area contributed by atoms with Gasteiger partial charge in [0.05, 0.1) is 23.1 Å². The zero-order chi connectivity index (χ0) is 24.0. The fourth-order valence-corrected chi connectivity index (χ4v) is 4.97. The quantitative estimate of drug-likeness (QED) is 0.543. The number of halogens is 1. The minimum atomic E-state index is -0.998. The molecule has 1 aliphatic heterocycles. The first kappa shape index (κ1) is 22.3. The molecule has 1 aromatic heterocycles. The standard InChI is InChI=1S/C27H28FN3O3/c1-27(2)12-5-13-30(16-27)25(32)21-9-4-8-20(23(21)28)18-6-3-7-19(14-18)31-24(17-10-11-17)22(15-29-31)26(33)34/h3-4,6-9,14-15,17H,5,10-13,16H2,1-2H3,(H,33,34). The van der Waals surface area contributed by atoms with E-state index >= 15 is 4.39 Å². The fraction of sp³-hybridized carbons (Fsp3) is 0.370. The average Bonchev–Trinajstić information content (AvgIpc) is 3.55. The lowest BCUT2D eigenvalue weighted by Crippen LogP contribution is -2.43. The van der Waals surface area contributed by atoms with Crippen LogP contribution in [0.15, 0.2) is 48.7 Å². The van der Waals surface area contributed by atoms with Crippen LogP contribution in [0, 0.1) is 11.2 Å². The van der Waals surface area contributed by atoms with Crippen molar-refractivity contribution in [1.82, 2.24) is 14.7 Å². The molecule has 2 fully saturated rings. The molecule has 2 heterocycles. The molecule has 3 aromatic rings. The predicted octanol–water partition coefficient (Wildman–Crippen LogP) is 5.52. The van der Waals surface area contributed by atoms with E-state index < -0.39 is 11.8 Å². The van der Waals surface area contributed by atoms with E-state index in [1.165, 1.54) is 6.20 Å². The van der Waals surface area contributed by atoms with Gasteiger partial charge in [-0.2, -0.15) is 5.10 Å². The Morgan fingerprint density at radius 3 is 2.59 bits per heavy atom. The summed E-state index contributed by atoms with van der Waals surface area (Å²) in [5.41, 5.74) is 2.60. The Hall–Kier alpha value is -3.48. The minimum absolute atomic E-state index is 0.0220. The Labute approximate surface area is 198 Å². The van der Waals surface area contributed by atoms with E-state index in [1.807, 2.05) is 6.07 Å². The summed E-state index contributed by atoms with van der Waals surface area (Å²) in [6.07, 6.45) is 5.19. The van der Waals surface area contributed by atoms with E-state index in [0.717, 1.165) is 25.7 Å². The molecule has 0 atom stereocenters. The number of amides is 1. The molecule has 0 spiro atoms. The maximum absolute atomic E-state index is 15.7. The summed E-state index contributed by atoms with van der Waals surface area (Å²) in [5, 5.41) is 13.9. The van der Waals surface area contributed by atoms with Crippen molar-refractivity contribution in [3.63, 3.8) is 0 Å². The minimum Gasteiger partial charge on any atom is -0.478 e. The van der Waals surface area contributed by atoms with Crippen LogP contribution in [-0.4, -0.2) is 44.8 Å². The number of carbonyl (C=O) groups excluding carboxylic acids is 1. The van der Waals surface area contributed by atoms with Crippen LogP contribution in [0.3, 0.4) is 0 Å². The highest BCUT2D eigenvalue weighted by atomic mass is 19.1. The van der Waals surface area contributed by atoms with Gasteiger partial charge in [-0.25, -0.2) is 13.9 Å². The number of piperidine rings is 1. The lowest BCUT2D eigenvalue weighted by atomic mass is 9.84. The van der Waals surface area contributed by atoms with Crippen molar-refractivity contribution in [3.05, 3.63) is 71.3 Å². The van der Waals surface area contributed by atoms with Gasteiger partial charge in [-0.3, -0.25) is 4.79 Å². The molecule has 1 N–H and O–H groups in total. The van der Waals surface area contributed by atoms with E-state index in [9.17, 15) is 14.7 Å². The SMILES string of the molecule is CC1(C)CCCN(C(=O)c2cccc(-c3cccc(-n4ncc(C(=O)O)c4C4CC4)c3)c2F)C1. The van der Waals surface area contributed by atoms with Crippen LogP contribution in [0.1, 0.15) is 71.9 Å². The van der Waals surface area contributed by atoms with Gasteiger partial charge in [0, 0.05) is 24.6 Å². The van der Waals surface area contributed by atoms with Crippen LogP contribution in [-0.2, 0) is 0 Å². The third kappa shape index (κ3) is 4.11. The molecule has 1 saturated heterocycles. The van der Waals surface area contributed by atoms with Crippen LogP contribution in [0.5, 0.6) is 0 Å². The number of aromatic carboxylic acids is 1. The van der Waals surface area contributed by atoms with Crippen molar-refractivity contribution in [2.24, 2.45) is 5.41 Å². The number of carboxylic acids is 1. The van der Waals surface area contributed by atoms with E-state index in [-0.39, 0.29) is 28.4 Å². The maximum atomic E-state index is 15.7. The molecule has 34 heavy (non-hydrogen) atoms. The Morgan fingerprint density at radius 1 is 1.12 bits per heavy atom. The first-order valence-electron chi connectivity index (χ1n) is 11.7. The summed E-state index contributed by atoms with van der Waals surface area (Å²) in [6, 6.07) is 12.1. The van der Waals surface area contributed by atoms with Crippen LogP contribution < -0.4 is 0 Å². The van der Waals surface area contributed by atoms with Gasteiger partial charge in [0.2, 0.25) is 0 Å². The normalized spacial score (nSPS) is 17.6. The fourth-order valence-electron chi connectivity index (χ4n) is 4.97. The Kier molecular flexibility index (Phi) is 5.50. The summed E-state index contributed by atoms with van der Waals surface area (Å²) in [7, 11) is 0. The monoisotopic (exact) mass is 461 g/mol. The summed E-state index contributed by atoms with van der Waals surface area (Å²) in [6.45, 7) is 5.51. The highest BCUT2D eigenvalue weighted by Gasteiger charge is 2.33. The van der Waals surface area contributed by atoms with E-state index in [2.05, 4.69) is 18.9 Å². The third-order valence-corrected chi connectivity index (χ3v) is 6.82. The lowest BCUT2D eigenvalue weighted by Gasteiger charge is -2.38. The molecule has 1 saturated carbocycles. The first-order chi connectivity index (χ1) is 16.2. The van der Waals surface area contributed by atoms with Gasteiger partial charge in [0.25, 0.3) is 5.91 Å². The molecule has 0 radical (unpaired) electrons. The summed E-state index contributed by atoms with van der Waals surface area (Å²) >= 11 is 0. The largest absolute Gasteiger partial charge is 0.478 e. The molecule has 6 nitrogen and oxygen atoms in total. The number of nitrogens with zero attached hydrogens (tertiary/aromatic N) is 3. The molecule has 0 bridgehead atoms. The summed E-state index contributed by atoms with van der Waals surface area (Å²) in [5.74, 6) is -1.65. The molecule has 1 amide bonds. The maximum Gasteiger partial charge on any atom is 0.339 e. The number of carbonyl (C=O) groups is 2. The van der Waals surface area contributed by atoms with Crippen molar-refractivity contribution < 1.29 is 19.1 Å². The Morgan fingerprint density at radius 2 is 1.88 bits per heavy atom. The lowest BCUT2D eigenvalue weighted by molar-refractivity contribution is 0.0578. The van der Waals surface area contributed by atoms with Crippen molar-refractivity contribution in [2.45, 2.75) is 45.4 Å². The zero-order valence-electron chi connectivity index (χ0n) is 19.4. The highest BCUT2D eigenvalue weighted by molar-refractivity contribution is 5.96. The number of likely N-dealkylation sites (tertiary alicyclic amines) is 1. The number of benzene rings is 2. The molecule has 176 valence electrons. The number of hydrogen-bond donors (Lipinski definition) is 1. The van der Waals surface area contributed by atoms with E-state index in [0.29, 0.717) is 35.6 Å². The molecule has 5 rings (SSSR count). The van der Waals surface area contributed by atoms with Gasteiger partial charge in [0.1, 0.15) is 11.4 Å². The molecule has 1 aliphatic carbocycles. The summed E-state index contributed by atoms with van der Waals surface area (Å²) < 4.78 is 17.3. The van der Waals surface area contributed by atoms with Gasteiger partial charge in [0.15, 0.2) is 0 Å². The second-order valence-electron chi connectivity index (χ2n) is 10.1. The molecular weight excluding hydrogens is 433 g/mol. The van der Waals surface area contributed by atoms with Gasteiger partial charge in [-0.1, -0.05) is 38.1 Å². The van der Waals surface area contributed by atoms with Crippen molar-refractivity contribution in [3.8, 4) is 16.8 Å². The first-order valence-corrected chi connectivity index (χ1v) is 11.7. The number of aromatic nitrogens is 2. The summed E-state index contributed by atoms with van der Waals surface area (Å²) in [4.78, 5) is 26.6. The second kappa shape index (κ2) is 8.38. The smallest absolute Gasteiger partial charge is 0.339 e. The molecule has 0 unspecified atom stereocenters. The average molecular weight is 462 g/mol. The van der Waals surface area contributed by atoms with Gasteiger partial charge >= 0.3 is 5.97 Å². The van der Waals surface area contributed by atoms with Gasteiger partial charge < -0.3 is 10.0 Å². The highest BCUT2D eigenvalue weighted by Crippen LogP contribution is 2.42. The van der Waals surface area contributed by atoms with E-state index in [4.69, 9.17) is 0 Å². The van der Waals surface area contributed by atoms with Crippen LogP contribution in [0.2, 0.25) is 0 Å². The van der Waals surface area contributed by atoms with Crippen molar-refractivity contribution in [2.75, 3.05) is 13.1 Å². The predicted molar refractivity (Wildman–Crippen MR) is 127 cm³/mol. The topological polar surface area (TPSA) is 75.4 Å². The van der Waals surface area contributed by atoms with E-state index in [1.54, 1.807) is 46.0 Å². The van der Waals surface area contributed by atoms with Crippen molar-refractivity contribution in [1.29, 1.82) is 0 Å². The number of rotatable bonds is 5. The van der Waals surface area contributed by atoms with Crippen molar-refractivity contribution >= 4 is 11.9 Å². The third-order valence-electron chi connectivity index (χ3n) is 6.82. The number of hydrogen-bond acceptors (Lipinski definition) is 3. The van der Waals surface area contributed by atoms with Crippen LogP contribution >= 0.6 is 0 Å². The van der Waals surface area contributed by atoms with Crippen LogP contribution in [0.4, 0.5) is 4.39 Å².